The lowest BCUT2D eigenvalue weighted by molar-refractivity contribution is -0.133. The summed E-state index contributed by atoms with van der Waals surface area (Å²) < 4.78 is 5.24. The summed E-state index contributed by atoms with van der Waals surface area (Å²) in [6.07, 6.45) is 11.4. The molecule has 1 aromatic carbocycles. The number of nitrogens with one attached hydrogen (secondary N) is 2. The molecular formula is C25H33N3O4. The van der Waals surface area contributed by atoms with Crippen LogP contribution in [0, 0.1) is 5.92 Å². The molecule has 0 bridgehead atoms. The maximum absolute atomic E-state index is 13.3. The molecule has 0 aliphatic heterocycles. The monoisotopic (exact) mass is 439 g/mol. The molecule has 4 rings (SSSR count). The number of benzene rings is 1. The second-order valence-electron chi connectivity index (χ2n) is 9.18. The number of Topliss-reactive ketones (excluding diaryl/α,β-unsaturated/α-hetero) is 1. The highest BCUT2D eigenvalue weighted by molar-refractivity contribution is 6.45. The van der Waals surface area contributed by atoms with Crippen LogP contribution in [0.2, 0.25) is 0 Å². The van der Waals surface area contributed by atoms with E-state index in [1.165, 1.54) is 11.3 Å². The molecule has 0 unspecified atom stereocenters. The van der Waals surface area contributed by atoms with Crippen molar-refractivity contribution in [2.75, 3.05) is 20.2 Å². The molecule has 0 saturated heterocycles. The standard InChI is InChI=1S/C25H33N3O4/c1-32-19-11-12-20-21(14-26-22(20)13-19)24(30)25(31)28(15-17-7-3-2-4-8-17)16-23(29)27-18-9-5-6-10-18/h11-14,17-18,26H,2-10,15-16H2,1H3,(H,27,29). The second kappa shape index (κ2) is 10.2. The van der Waals surface area contributed by atoms with Gasteiger partial charge in [-0.25, -0.2) is 0 Å². The van der Waals surface area contributed by atoms with Gasteiger partial charge in [-0.1, -0.05) is 32.1 Å². The Morgan fingerprint density at radius 2 is 1.78 bits per heavy atom. The summed E-state index contributed by atoms with van der Waals surface area (Å²) in [6.45, 7) is 0.395. The third kappa shape index (κ3) is 5.14. The van der Waals surface area contributed by atoms with Crippen LogP contribution in [0.15, 0.2) is 24.4 Å². The number of aromatic nitrogens is 1. The van der Waals surface area contributed by atoms with Crippen LogP contribution in [0.1, 0.15) is 68.1 Å². The van der Waals surface area contributed by atoms with Crippen molar-refractivity contribution >= 4 is 28.5 Å². The van der Waals surface area contributed by atoms with Gasteiger partial charge in [0.15, 0.2) is 0 Å². The molecule has 32 heavy (non-hydrogen) atoms. The highest BCUT2D eigenvalue weighted by Gasteiger charge is 2.30. The van der Waals surface area contributed by atoms with Crippen molar-refractivity contribution in [1.29, 1.82) is 0 Å². The normalized spacial score (nSPS) is 17.4. The van der Waals surface area contributed by atoms with Gasteiger partial charge in [-0.05, 0) is 43.7 Å². The summed E-state index contributed by atoms with van der Waals surface area (Å²) in [6, 6.07) is 5.54. The van der Waals surface area contributed by atoms with E-state index in [1.54, 1.807) is 31.5 Å². The van der Waals surface area contributed by atoms with Crippen molar-refractivity contribution in [3.63, 3.8) is 0 Å². The predicted molar refractivity (Wildman–Crippen MR) is 123 cm³/mol. The molecule has 7 heteroatoms. The lowest BCUT2D eigenvalue weighted by Gasteiger charge is -2.29. The maximum Gasteiger partial charge on any atom is 0.295 e. The first-order chi connectivity index (χ1) is 15.5. The number of ketones is 1. The van der Waals surface area contributed by atoms with Gasteiger partial charge in [-0.3, -0.25) is 14.4 Å². The fourth-order valence-electron chi connectivity index (χ4n) is 5.10. The van der Waals surface area contributed by atoms with Gasteiger partial charge in [0.2, 0.25) is 5.91 Å². The number of hydrogen-bond donors (Lipinski definition) is 2. The van der Waals surface area contributed by atoms with Crippen LogP contribution in [0.3, 0.4) is 0 Å². The van der Waals surface area contributed by atoms with Gasteiger partial charge in [-0.15, -0.1) is 0 Å². The van der Waals surface area contributed by atoms with E-state index in [9.17, 15) is 14.4 Å². The molecule has 0 atom stereocenters. The molecule has 2 saturated carbocycles. The number of carbonyl (C=O) groups excluding carboxylic acids is 3. The number of ether oxygens (including phenoxy) is 1. The van der Waals surface area contributed by atoms with Crippen molar-refractivity contribution in [2.45, 2.75) is 63.8 Å². The van der Waals surface area contributed by atoms with Crippen LogP contribution < -0.4 is 10.1 Å². The summed E-state index contributed by atoms with van der Waals surface area (Å²) in [5.41, 5.74) is 1.07. The van der Waals surface area contributed by atoms with Gasteiger partial charge in [0.25, 0.3) is 11.7 Å². The van der Waals surface area contributed by atoms with Crippen molar-refractivity contribution in [3.05, 3.63) is 30.0 Å². The molecule has 1 heterocycles. The zero-order valence-corrected chi connectivity index (χ0v) is 18.8. The Kier molecular flexibility index (Phi) is 7.12. The minimum absolute atomic E-state index is 0.0618. The number of methoxy groups -OCH3 is 1. The minimum atomic E-state index is -0.603. The Morgan fingerprint density at radius 1 is 1.06 bits per heavy atom. The first-order valence-corrected chi connectivity index (χ1v) is 11.8. The molecule has 1 aromatic heterocycles. The highest BCUT2D eigenvalue weighted by Crippen LogP contribution is 2.26. The fourth-order valence-corrected chi connectivity index (χ4v) is 5.10. The Hall–Kier alpha value is -2.83. The number of fused-ring (bicyclic) bond motifs is 1. The summed E-state index contributed by atoms with van der Waals surface area (Å²) in [4.78, 5) is 43.8. The number of nitrogens with zero attached hydrogens (tertiary/aromatic N) is 1. The average Bonchev–Trinajstić information content (AvgIpc) is 3.47. The molecule has 0 spiro atoms. The third-order valence-corrected chi connectivity index (χ3v) is 6.87. The van der Waals surface area contributed by atoms with E-state index in [4.69, 9.17) is 4.74 Å². The minimum Gasteiger partial charge on any atom is -0.497 e. The lowest BCUT2D eigenvalue weighted by atomic mass is 9.89. The van der Waals surface area contributed by atoms with Crippen LogP contribution in [0.5, 0.6) is 5.75 Å². The van der Waals surface area contributed by atoms with Gasteiger partial charge in [0, 0.05) is 35.8 Å². The van der Waals surface area contributed by atoms with Crippen LogP contribution in [0.4, 0.5) is 0 Å². The smallest absolute Gasteiger partial charge is 0.295 e. The molecule has 2 N–H and O–H groups in total. The first-order valence-electron chi connectivity index (χ1n) is 11.8. The zero-order valence-electron chi connectivity index (χ0n) is 18.8. The number of aromatic amines is 1. The van der Waals surface area contributed by atoms with E-state index in [2.05, 4.69) is 10.3 Å². The third-order valence-electron chi connectivity index (χ3n) is 6.87. The molecule has 2 aromatic rings. The van der Waals surface area contributed by atoms with E-state index in [0.29, 0.717) is 29.2 Å². The van der Waals surface area contributed by atoms with Crippen molar-refractivity contribution in [2.24, 2.45) is 5.92 Å². The number of carbonyl (C=O) groups is 3. The summed E-state index contributed by atoms with van der Waals surface area (Å²) in [5, 5.41) is 3.73. The second-order valence-corrected chi connectivity index (χ2v) is 9.18. The fraction of sp³-hybridized carbons (Fsp3) is 0.560. The Balaban J connectivity index is 1.51. The van der Waals surface area contributed by atoms with Gasteiger partial charge in [0.1, 0.15) is 5.75 Å². The number of amides is 2. The van der Waals surface area contributed by atoms with Crippen molar-refractivity contribution in [1.82, 2.24) is 15.2 Å². The van der Waals surface area contributed by atoms with Gasteiger partial charge in [0.05, 0.1) is 19.2 Å². The topological polar surface area (TPSA) is 91.5 Å². The van der Waals surface area contributed by atoms with Crippen LogP contribution in [-0.2, 0) is 9.59 Å². The SMILES string of the molecule is COc1ccc2c(C(=O)C(=O)N(CC(=O)NC3CCCC3)CC3CCCCC3)c[nH]c2c1. The molecule has 0 radical (unpaired) electrons. The van der Waals surface area contributed by atoms with Crippen molar-refractivity contribution < 1.29 is 19.1 Å². The van der Waals surface area contributed by atoms with Gasteiger partial charge < -0.3 is 19.9 Å². The molecule has 172 valence electrons. The molecular weight excluding hydrogens is 406 g/mol. The Labute approximate surface area is 188 Å². The molecule has 2 fully saturated rings. The Bertz CT molecular complexity index is 971. The van der Waals surface area contributed by atoms with Gasteiger partial charge >= 0.3 is 0 Å². The first kappa shape index (κ1) is 22.4. The van der Waals surface area contributed by atoms with E-state index in [0.717, 1.165) is 56.9 Å². The van der Waals surface area contributed by atoms with Crippen LogP contribution in [-0.4, -0.2) is 53.7 Å². The van der Waals surface area contributed by atoms with Crippen LogP contribution >= 0.6 is 0 Å². The van der Waals surface area contributed by atoms with E-state index < -0.39 is 11.7 Å². The average molecular weight is 440 g/mol. The lowest BCUT2D eigenvalue weighted by Crippen LogP contribution is -2.47. The molecule has 2 aliphatic carbocycles. The van der Waals surface area contributed by atoms with Gasteiger partial charge in [-0.2, -0.15) is 0 Å². The maximum atomic E-state index is 13.3. The summed E-state index contributed by atoms with van der Waals surface area (Å²) in [5.74, 6) is -0.337. The quantitative estimate of drug-likeness (QED) is 0.483. The Morgan fingerprint density at radius 3 is 2.50 bits per heavy atom. The summed E-state index contributed by atoms with van der Waals surface area (Å²) in [7, 11) is 1.58. The molecule has 2 aliphatic rings. The van der Waals surface area contributed by atoms with E-state index in [1.807, 2.05) is 0 Å². The number of H-pyrrole nitrogens is 1. The predicted octanol–water partition coefficient (Wildman–Crippen LogP) is 3.83. The zero-order chi connectivity index (χ0) is 22.5. The van der Waals surface area contributed by atoms with E-state index in [-0.39, 0.29) is 18.5 Å². The van der Waals surface area contributed by atoms with E-state index >= 15 is 0 Å². The van der Waals surface area contributed by atoms with Crippen LogP contribution in [0.25, 0.3) is 10.9 Å². The molecule has 7 nitrogen and oxygen atoms in total. The largest absolute Gasteiger partial charge is 0.497 e. The molecule has 2 amide bonds. The van der Waals surface area contributed by atoms with Crippen molar-refractivity contribution in [3.8, 4) is 5.75 Å². The highest BCUT2D eigenvalue weighted by atomic mass is 16.5. The summed E-state index contributed by atoms with van der Waals surface area (Å²) >= 11 is 0. The number of rotatable bonds is 8. The number of hydrogen-bond acceptors (Lipinski definition) is 4.